The van der Waals surface area contributed by atoms with Crippen molar-refractivity contribution >= 4 is 11.6 Å². The van der Waals surface area contributed by atoms with E-state index in [2.05, 4.69) is 4.98 Å². The summed E-state index contributed by atoms with van der Waals surface area (Å²) >= 11 is 0. The van der Waals surface area contributed by atoms with Crippen molar-refractivity contribution in [2.45, 2.75) is 25.8 Å². The van der Waals surface area contributed by atoms with Gasteiger partial charge in [-0.1, -0.05) is 0 Å². The van der Waals surface area contributed by atoms with Gasteiger partial charge in [-0.15, -0.1) is 0 Å². The molecule has 2 N–H and O–H groups in total. The lowest BCUT2D eigenvalue weighted by molar-refractivity contribution is -0.120. The van der Waals surface area contributed by atoms with Gasteiger partial charge in [0, 0.05) is 12.7 Å². The number of nitrogens with zero attached hydrogens (tertiary/aromatic N) is 2. The molecule has 4 heteroatoms. The zero-order valence-corrected chi connectivity index (χ0v) is 8.81. The standard InChI is InChI=1S/C11H15N3O/c1-8-10(5-2-6-13-8)14-7-3-4-9(12)11(14)15/h2,5-6,9H,3-4,7,12H2,1H3. The van der Waals surface area contributed by atoms with E-state index in [1.807, 2.05) is 19.1 Å². The van der Waals surface area contributed by atoms with Gasteiger partial charge < -0.3 is 10.6 Å². The van der Waals surface area contributed by atoms with E-state index in [1.165, 1.54) is 0 Å². The molecule has 2 heterocycles. The molecule has 0 aromatic carbocycles. The molecule has 15 heavy (non-hydrogen) atoms. The maximum absolute atomic E-state index is 11.9. The molecule has 1 amide bonds. The van der Waals surface area contributed by atoms with Crippen LogP contribution in [0.1, 0.15) is 18.5 Å². The molecule has 0 radical (unpaired) electrons. The summed E-state index contributed by atoms with van der Waals surface area (Å²) in [4.78, 5) is 17.8. The summed E-state index contributed by atoms with van der Waals surface area (Å²) in [7, 11) is 0. The maximum Gasteiger partial charge on any atom is 0.243 e. The van der Waals surface area contributed by atoms with E-state index in [4.69, 9.17) is 5.73 Å². The van der Waals surface area contributed by atoms with E-state index >= 15 is 0 Å². The molecule has 0 spiro atoms. The highest BCUT2D eigenvalue weighted by molar-refractivity contribution is 5.98. The van der Waals surface area contributed by atoms with E-state index in [0.717, 1.165) is 30.8 Å². The number of hydrogen-bond acceptors (Lipinski definition) is 3. The van der Waals surface area contributed by atoms with Gasteiger partial charge in [0.1, 0.15) is 0 Å². The molecule has 1 atom stereocenters. The minimum Gasteiger partial charge on any atom is -0.320 e. The zero-order valence-electron chi connectivity index (χ0n) is 8.81. The minimum absolute atomic E-state index is 0.0114. The van der Waals surface area contributed by atoms with Crippen molar-refractivity contribution in [3.63, 3.8) is 0 Å². The van der Waals surface area contributed by atoms with Crippen LogP contribution in [0.2, 0.25) is 0 Å². The number of aryl methyl sites for hydroxylation is 1. The molecule has 0 bridgehead atoms. The predicted octanol–water partition coefficient (Wildman–Crippen LogP) is 0.844. The number of aromatic nitrogens is 1. The number of pyridine rings is 1. The lowest BCUT2D eigenvalue weighted by Crippen LogP contribution is -2.48. The normalized spacial score (nSPS) is 21.9. The minimum atomic E-state index is -0.349. The van der Waals surface area contributed by atoms with Gasteiger partial charge in [0.2, 0.25) is 5.91 Å². The summed E-state index contributed by atoms with van der Waals surface area (Å²) in [6.45, 7) is 2.65. The van der Waals surface area contributed by atoms with Gasteiger partial charge in [0.15, 0.2) is 0 Å². The van der Waals surface area contributed by atoms with Crippen LogP contribution in [0.5, 0.6) is 0 Å². The van der Waals surface area contributed by atoms with Gasteiger partial charge >= 0.3 is 0 Å². The van der Waals surface area contributed by atoms with Crippen LogP contribution in [0.25, 0.3) is 0 Å². The molecule has 4 nitrogen and oxygen atoms in total. The highest BCUT2D eigenvalue weighted by Gasteiger charge is 2.27. The smallest absolute Gasteiger partial charge is 0.243 e. The average molecular weight is 205 g/mol. The summed E-state index contributed by atoms with van der Waals surface area (Å²) in [6, 6.07) is 3.41. The van der Waals surface area contributed by atoms with Crippen LogP contribution in [0, 0.1) is 6.92 Å². The van der Waals surface area contributed by atoms with E-state index < -0.39 is 0 Å². The van der Waals surface area contributed by atoms with Crippen molar-refractivity contribution in [1.82, 2.24) is 4.98 Å². The Morgan fingerprint density at radius 3 is 3.13 bits per heavy atom. The number of anilines is 1. The fourth-order valence-electron chi connectivity index (χ4n) is 1.90. The van der Waals surface area contributed by atoms with Gasteiger partial charge in [0.05, 0.1) is 17.4 Å². The van der Waals surface area contributed by atoms with Gasteiger partial charge in [-0.3, -0.25) is 9.78 Å². The summed E-state index contributed by atoms with van der Waals surface area (Å²) < 4.78 is 0. The molecule has 1 aromatic rings. The summed E-state index contributed by atoms with van der Waals surface area (Å²) in [5.74, 6) is 0.0114. The lowest BCUT2D eigenvalue weighted by Gasteiger charge is -2.31. The van der Waals surface area contributed by atoms with Crippen molar-refractivity contribution in [2.24, 2.45) is 5.73 Å². The van der Waals surface area contributed by atoms with Crippen molar-refractivity contribution in [3.05, 3.63) is 24.0 Å². The van der Waals surface area contributed by atoms with Gasteiger partial charge in [0.25, 0.3) is 0 Å². The third-order valence-electron chi connectivity index (χ3n) is 2.75. The van der Waals surface area contributed by atoms with Crippen LogP contribution in [0.15, 0.2) is 18.3 Å². The zero-order chi connectivity index (χ0) is 10.8. The number of piperidine rings is 1. The molecule has 1 aromatic heterocycles. The van der Waals surface area contributed by atoms with Gasteiger partial charge in [-0.25, -0.2) is 0 Å². The van der Waals surface area contributed by atoms with E-state index in [1.54, 1.807) is 11.1 Å². The van der Waals surface area contributed by atoms with Crippen LogP contribution in [-0.2, 0) is 4.79 Å². The Labute approximate surface area is 89.1 Å². The molecule has 1 aliphatic heterocycles. The fraction of sp³-hybridized carbons (Fsp3) is 0.455. The molecule has 0 saturated carbocycles. The first kappa shape index (κ1) is 10.1. The Balaban J connectivity index is 2.30. The van der Waals surface area contributed by atoms with E-state index in [-0.39, 0.29) is 11.9 Å². The van der Waals surface area contributed by atoms with E-state index in [9.17, 15) is 4.79 Å². The second-order valence-electron chi connectivity index (χ2n) is 3.85. The van der Waals surface area contributed by atoms with Crippen molar-refractivity contribution in [3.8, 4) is 0 Å². The number of nitrogens with two attached hydrogens (primary N) is 1. The summed E-state index contributed by atoms with van der Waals surface area (Å²) in [5.41, 5.74) is 7.51. The first-order valence-corrected chi connectivity index (χ1v) is 5.18. The van der Waals surface area contributed by atoms with Crippen LogP contribution in [0.4, 0.5) is 5.69 Å². The first-order valence-electron chi connectivity index (χ1n) is 5.18. The van der Waals surface area contributed by atoms with Gasteiger partial charge in [-0.2, -0.15) is 0 Å². The van der Waals surface area contributed by atoms with Crippen LogP contribution in [0.3, 0.4) is 0 Å². The monoisotopic (exact) mass is 205 g/mol. The number of hydrogen-bond donors (Lipinski definition) is 1. The third kappa shape index (κ3) is 1.85. The molecule has 2 rings (SSSR count). The lowest BCUT2D eigenvalue weighted by atomic mass is 10.0. The summed E-state index contributed by atoms with van der Waals surface area (Å²) in [6.07, 6.45) is 3.48. The molecule has 1 fully saturated rings. The summed E-state index contributed by atoms with van der Waals surface area (Å²) in [5, 5.41) is 0. The van der Waals surface area contributed by atoms with Crippen LogP contribution >= 0.6 is 0 Å². The van der Waals surface area contributed by atoms with Crippen molar-refractivity contribution in [1.29, 1.82) is 0 Å². The van der Waals surface area contributed by atoms with Gasteiger partial charge in [-0.05, 0) is 31.9 Å². The molecule has 1 unspecified atom stereocenters. The van der Waals surface area contributed by atoms with Crippen LogP contribution < -0.4 is 10.6 Å². The van der Waals surface area contributed by atoms with Crippen molar-refractivity contribution in [2.75, 3.05) is 11.4 Å². The highest BCUT2D eigenvalue weighted by Crippen LogP contribution is 2.22. The fourth-order valence-corrected chi connectivity index (χ4v) is 1.90. The number of carbonyl (C=O) groups excluding carboxylic acids is 1. The number of rotatable bonds is 1. The Morgan fingerprint density at radius 2 is 2.40 bits per heavy atom. The quantitative estimate of drug-likeness (QED) is 0.739. The van der Waals surface area contributed by atoms with Crippen molar-refractivity contribution < 1.29 is 4.79 Å². The SMILES string of the molecule is Cc1ncccc1N1CCCC(N)C1=O. The Bertz CT molecular complexity index is 378. The van der Waals surface area contributed by atoms with Crippen LogP contribution in [-0.4, -0.2) is 23.5 Å². The third-order valence-corrected chi connectivity index (χ3v) is 2.75. The Kier molecular flexibility index (Phi) is 2.68. The molecular weight excluding hydrogens is 190 g/mol. The second kappa shape index (κ2) is 3.98. The largest absolute Gasteiger partial charge is 0.320 e. The first-order chi connectivity index (χ1) is 7.20. The molecule has 0 aliphatic carbocycles. The Hall–Kier alpha value is -1.42. The molecule has 80 valence electrons. The maximum atomic E-state index is 11.9. The second-order valence-corrected chi connectivity index (χ2v) is 3.85. The Morgan fingerprint density at radius 1 is 1.60 bits per heavy atom. The molecule has 1 saturated heterocycles. The number of amides is 1. The average Bonchev–Trinajstić information content (AvgIpc) is 2.23. The molecular formula is C11H15N3O. The molecule has 1 aliphatic rings. The van der Waals surface area contributed by atoms with E-state index in [0.29, 0.717) is 0 Å². The predicted molar refractivity (Wildman–Crippen MR) is 58.5 cm³/mol. The highest BCUT2D eigenvalue weighted by atomic mass is 16.2. The topological polar surface area (TPSA) is 59.2 Å². The number of carbonyl (C=O) groups is 1.